The van der Waals surface area contributed by atoms with E-state index in [0.717, 1.165) is 59.6 Å². The fourth-order valence-corrected chi connectivity index (χ4v) is 6.80. The maximum atomic E-state index is 10.3. The Balaban J connectivity index is 1.21. The Morgan fingerprint density at radius 2 is 1.61 bits per heavy atom. The molecule has 4 aromatic rings. The first kappa shape index (κ1) is 28.4. The average molecular weight is 595 g/mol. The van der Waals surface area contributed by atoms with Gasteiger partial charge in [-0.15, -0.1) is 0 Å². The molecule has 0 radical (unpaired) electrons. The first-order valence-electron chi connectivity index (χ1n) is 14.2. The van der Waals surface area contributed by atoms with Gasteiger partial charge in [0.15, 0.2) is 5.65 Å². The van der Waals surface area contributed by atoms with E-state index in [1.807, 2.05) is 56.7 Å². The van der Waals surface area contributed by atoms with Gasteiger partial charge in [-0.2, -0.15) is 0 Å². The number of hydrogen-bond acceptors (Lipinski definition) is 7. The van der Waals surface area contributed by atoms with Gasteiger partial charge in [0.1, 0.15) is 11.7 Å². The van der Waals surface area contributed by atoms with Gasteiger partial charge < -0.3 is 19.9 Å². The number of nitrogens with zero attached hydrogens (tertiary/aromatic N) is 6. The predicted molar refractivity (Wildman–Crippen MR) is 168 cm³/mol. The number of benzene rings is 2. The van der Waals surface area contributed by atoms with E-state index in [9.17, 15) is 5.11 Å². The number of hydrogen-bond donors (Lipinski definition) is 2. The molecule has 2 fully saturated rings. The molecule has 2 aromatic heterocycles. The Bertz CT molecular complexity index is 1480. The van der Waals surface area contributed by atoms with E-state index in [1.54, 1.807) is 11.1 Å². The largest absolute Gasteiger partial charge is 0.374 e. The van der Waals surface area contributed by atoms with Crippen LogP contribution in [0, 0.1) is 0 Å². The molecular weight excluding hydrogens is 557 g/mol. The molecule has 6 rings (SSSR count). The maximum absolute atomic E-state index is 10.3. The number of fused-ring (bicyclic) bond motifs is 1. The number of likely N-dealkylation sites (tertiary alicyclic amines) is 1. The summed E-state index contributed by atoms with van der Waals surface area (Å²) in [6, 6.07) is 12.4. The molecule has 2 N–H and O–H groups in total. The molecule has 0 aliphatic carbocycles. The van der Waals surface area contributed by atoms with Crippen LogP contribution in [0.25, 0.3) is 33.5 Å². The fraction of sp³-hybridized carbons (Fsp3) is 0.419. The molecule has 0 amide bonds. The molecule has 0 bridgehead atoms. The molecule has 8 nitrogen and oxygen atoms in total. The number of piperidine rings is 1. The lowest BCUT2D eigenvalue weighted by Gasteiger charge is -2.43. The third kappa shape index (κ3) is 5.82. The van der Waals surface area contributed by atoms with E-state index in [-0.39, 0.29) is 0 Å². The summed E-state index contributed by atoms with van der Waals surface area (Å²) >= 11 is 13.8. The van der Waals surface area contributed by atoms with Crippen molar-refractivity contribution in [2.75, 3.05) is 65.3 Å². The number of nitrogens with one attached hydrogen (secondary N) is 1. The summed E-state index contributed by atoms with van der Waals surface area (Å²) in [4.78, 5) is 22.0. The molecule has 0 spiro atoms. The average Bonchev–Trinajstić information content (AvgIpc) is 3.40. The minimum atomic E-state index is -0.654. The molecule has 2 aliphatic heterocycles. The number of halogens is 2. The summed E-state index contributed by atoms with van der Waals surface area (Å²) in [5.74, 6) is 0. The Labute approximate surface area is 251 Å². The smallest absolute Gasteiger partial charge is 0.156 e. The molecule has 10 heteroatoms. The van der Waals surface area contributed by atoms with Gasteiger partial charge in [-0.05, 0) is 70.3 Å². The molecule has 2 aliphatic rings. The van der Waals surface area contributed by atoms with E-state index in [1.165, 1.54) is 25.9 Å². The number of aromatic amines is 1. The second kappa shape index (κ2) is 11.9. The molecule has 41 heavy (non-hydrogen) atoms. The standard InChI is InChI=1S/C31H37Cl2N7O/c1-37(2)31(41)21-6-4-20(5-7-21)24-18-34-30-28(24)36-27(19-35-30)22-16-25(32)29(26(33)17-22)40-14-12-39(13-15-40)23-8-10-38(3)11-9-23/h4-7,16-19,23,31,41H,8-15H2,1-3H3,(H,34,35). The zero-order valence-electron chi connectivity index (χ0n) is 23.8. The maximum Gasteiger partial charge on any atom is 0.156 e. The normalized spacial score (nSPS) is 18.5. The molecule has 1 unspecified atom stereocenters. The van der Waals surface area contributed by atoms with E-state index < -0.39 is 6.23 Å². The van der Waals surface area contributed by atoms with Crippen LogP contribution in [0.15, 0.2) is 48.8 Å². The van der Waals surface area contributed by atoms with E-state index >= 15 is 0 Å². The molecule has 0 saturated carbocycles. The molecule has 2 aromatic carbocycles. The lowest BCUT2D eigenvalue weighted by atomic mass is 10.0. The van der Waals surface area contributed by atoms with Gasteiger partial charge in [0, 0.05) is 49.5 Å². The lowest BCUT2D eigenvalue weighted by Crippen LogP contribution is -2.53. The van der Waals surface area contributed by atoms with Crippen molar-refractivity contribution in [2.45, 2.75) is 25.1 Å². The number of aliphatic hydroxyl groups is 1. The van der Waals surface area contributed by atoms with Crippen LogP contribution >= 0.6 is 23.2 Å². The highest BCUT2D eigenvalue weighted by Crippen LogP contribution is 2.39. The first-order valence-corrected chi connectivity index (χ1v) is 15.0. The number of aliphatic hydroxyl groups excluding tert-OH is 1. The Morgan fingerprint density at radius 3 is 2.24 bits per heavy atom. The van der Waals surface area contributed by atoms with Crippen LogP contribution in [-0.4, -0.2) is 101 Å². The minimum absolute atomic E-state index is 0.631. The zero-order chi connectivity index (χ0) is 28.7. The Morgan fingerprint density at radius 1 is 0.951 bits per heavy atom. The number of aromatic nitrogens is 3. The van der Waals surface area contributed by atoms with Gasteiger partial charge >= 0.3 is 0 Å². The minimum Gasteiger partial charge on any atom is -0.374 e. The monoisotopic (exact) mass is 593 g/mol. The van der Waals surface area contributed by atoms with Crippen LogP contribution in [0.3, 0.4) is 0 Å². The predicted octanol–water partition coefficient (Wildman–Crippen LogP) is 5.37. The second-order valence-electron chi connectivity index (χ2n) is 11.5. The van der Waals surface area contributed by atoms with Crippen molar-refractivity contribution in [1.29, 1.82) is 0 Å². The first-order chi connectivity index (χ1) is 19.8. The third-order valence-corrected chi connectivity index (χ3v) is 9.11. The topological polar surface area (TPSA) is 74.8 Å². The van der Waals surface area contributed by atoms with Gasteiger partial charge in [0.2, 0.25) is 0 Å². The van der Waals surface area contributed by atoms with Gasteiger partial charge in [-0.3, -0.25) is 9.80 Å². The summed E-state index contributed by atoms with van der Waals surface area (Å²) < 4.78 is 0. The Hall–Kier alpha value is -2.72. The highest BCUT2D eigenvalue weighted by atomic mass is 35.5. The fourth-order valence-electron chi connectivity index (χ4n) is 6.07. The van der Waals surface area contributed by atoms with Gasteiger partial charge in [0.05, 0.1) is 27.6 Å². The van der Waals surface area contributed by atoms with E-state index in [0.29, 0.717) is 27.4 Å². The highest BCUT2D eigenvalue weighted by Gasteiger charge is 2.28. The lowest BCUT2D eigenvalue weighted by molar-refractivity contribution is 0.0395. The van der Waals surface area contributed by atoms with Crippen LogP contribution in [0.5, 0.6) is 0 Å². The molecule has 2 saturated heterocycles. The van der Waals surface area contributed by atoms with Crippen LogP contribution in [0.4, 0.5) is 5.69 Å². The van der Waals surface area contributed by atoms with E-state index in [4.69, 9.17) is 28.2 Å². The van der Waals surface area contributed by atoms with Gasteiger partial charge in [-0.25, -0.2) is 9.97 Å². The third-order valence-electron chi connectivity index (χ3n) is 8.54. The molecule has 4 heterocycles. The zero-order valence-corrected chi connectivity index (χ0v) is 25.3. The summed E-state index contributed by atoms with van der Waals surface area (Å²) in [5.41, 5.74) is 6.68. The quantitative estimate of drug-likeness (QED) is 0.291. The SMILES string of the molecule is CN1CCC(N2CCN(c3c(Cl)cc(-c4cnc5[nH]cc(-c6ccc(C(O)N(C)C)cc6)c5n4)cc3Cl)CC2)CC1. The van der Waals surface area contributed by atoms with Gasteiger partial charge in [-0.1, -0.05) is 47.5 Å². The highest BCUT2D eigenvalue weighted by molar-refractivity contribution is 6.39. The van der Waals surface area contributed by atoms with Crippen molar-refractivity contribution in [1.82, 2.24) is 29.7 Å². The summed E-state index contributed by atoms with van der Waals surface area (Å²) in [6.45, 7) is 6.22. The van der Waals surface area contributed by atoms with Crippen LogP contribution in [0.1, 0.15) is 24.6 Å². The summed E-state index contributed by atoms with van der Waals surface area (Å²) in [5, 5.41) is 11.6. The van der Waals surface area contributed by atoms with Crippen LogP contribution in [0.2, 0.25) is 10.0 Å². The van der Waals surface area contributed by atoms with Crippen molar-refractivity contribution in [3.05, 3.63) is 64.4 Å². The Kier molecular flexibility index (Phi) is 8.23. The number of piperazine rings is 1. The van der Waals surface area contributed by atoms with Crippen molar-refractivity contribution in [3.63, 3.8) is 0 Å². The molecule has 216 valence electrons. The van der Waals surface area contributed by atoms with E-state index in [2.05, 4.69) is 31.7 Å². The van der Waals surface area contributed by atoms with Crippen LogP contribution < -0.4 is 4.90 Å². The number of H-pyrrole nitrogens is 1. The van der Waals surface area contributed by atoms with Crippen molar-refractivity contribution in [2.24, 2.45) is 0 Å². The van der Waals surface area contributed by atoms with Crippen molar-refractivity contribution in [3.8, 4) is 22.4 Å². The molecule has 1 atom stereocenters. The van der Waals surface area contributed by atoms with Gasteiger partial charge in [0.25, 0.3) is 0 Å². The second-order valence-corrected chi connectivity index (χ2v) is 12.3. The number of anilines is 1. The number of rotatable bonds is 6. The van der Waals surface area contributed by atoms with Crippen LogP contribution in [-0.2, 0) is 0 Å². The summed E-state index contributed by atoms with van der Waals surface area (Å²) in [7, 11) is 5.90. The van der Waals surface area contributed by atoms with Crippen molar-refractivity contribution >= 4 is 40.1 Å². The van der Waals surface area contributed by atoms with Crippen molar-refractivity contribution < 1.29 is 5.11 Å². The summed E-state index contributed by atoms with van der Waals surface area (Å²) in [6.07, 6.45) is 5.50. The molecular formula is C31H37Cl2N7O.